The van der Waals surface area contributed by atoms with E-state index in [9.17, 15) is 4.39 Å². The molecule has 1 aromatic carbocycles. The lowest BCUT2D eigenvalue weighted by Crippen LogP contribution is -2.41. The van der Waals surface area contributed by atoms with Gasteiger partial charge in [-0.1, -0.05) is 29.4 Å². The fourth-order valence-corrected chi connectivity index (χ4v) is 6.30. The summed E-state index contributed by atoms with van der Waals surface area (Å²) >= 11 is 7.82. The molecule has 0 radical (unpaired) electrons. The number of rotatable bonds is 3. The number of imidazole rings is 1. The molecule has 1 spiro atoms. The molecule has 0 saturated carbocycles. The van der Waals surface area contributed by atoms with Gasteiger partial charge in [0.05, 0.1) is 9.92 Å². The SMILES string of the molecule is Nc1nccc(Sc2cnc(N3CCC4(CC3)Cc3ccc(F)cc3C4)n3ccnc23)c1Cl. The van der Waals surface area contributed by atoms with E-state index in [0.717, 1.165) is 60.2 Å². The number of piperidine rings is 1. The average molecular weight is 481 g/mol. The van der Waals surface area contributed by atoms with Crippen molar-refractivity contribution in [1.29, 1.82) is 0 Å². The molecule has 1 aliphatic carbocycles. The first kappa shape index (κ1) is 20.7. The van der Waals surface area contributed by atoms with Crippen LogP contribution in [-0.4, -0.2) is 32.4 Å². The van der Waals surface area contributed by atoms with Crippen LogP contribution in [0.15, 0.2) is 58.8 Å². The summed E-state index contributed by atoms with van der Waals surface area (Å²) in [7, 11) is 0. The van der Waals surface area contributed by atoms with Crippen molar-refractivity contribution in [1.82, 2.24) is 19.4 Å². The molecule has 0 atom stereocenters. The van der Waals surface area contributed by atoms with Gasteiger partial charge in [-0.2, -0.15) is 0 Å². The topological polar surface area (TPSA) is 72.3 Å². The summed E-state index contributed by atoms with van der Waals surface area (Å²) in [4.78, 5) is 17.5. The van der Waals surface area contributed by atoms with Crippen LogP contribution in [0.25, 0.3) is 5.65 Å². The highest BCUT2D eigenvalue weighted by Gasteiger charge is 2.40. The van der Waals surface area contributed by atoms with Crippen LogP contribution in [0.1, 0.15) is 24.0 Å². The summed E-state index contributed by atoms with van der Waals surface area (Å²) in [6.07, 6.45) is 11.4. The van der Waals surface area contributed by atoms with Crippen LogP contribution in [0.4, 0.5) is 16.2 Å². The molecular formula is C24H22ClFN6S. The van der Waals surface area contributed by atoms with Crippen molar-refractivity contribution in [2.45, 2.75) is 35.5 Å². The first-order valence-corrected chi connectivity index (χ1v) is 12.1. The van der Waals surface area contributed by atoms with Crippen molar-refractivity contribution in [2.24, 2.45) is 5.41 Å². The standard InChI is InChI=1S/C24H22ClFN6S/c25-20-18(3-6-28-21(20)27)33-19-14-30-23(32-10-7-29-22(19)32)31-8-4-24(5-9-31)12-15-1-2-17(26)11-16(15)13-24/h1-3,6-7,10-11,14H,4-5,8-9,12-13H2,(H2,27,28). The highest BCUT2D eigenvalue weighted by atomic mass is 35.5. The number of hydrogen-bond donors (Lipinski definition) is 1. The second-order valence-corrected chi connectivity index (χ2v) is 10.4. The maximum Gasteiger partial charge on any atom is 0.211 e. The molecule has 0 amide bonds. The normalized spacial score (nSPS) is 17.1. The molecule has 33 heavy (non-hydrogen) atoms. The number of nitrogens with two attached hydrogens (primary N) is 1. The van der Waals surface area contributed by atoms with E-state index in [-0.39, 0.29) is 11.2 Å². The smallest absolute Gasteiger partial charge is 0.211 e. The van der Waals surface area contributed by atoms with Gasteiger partial charge in [0.15, 0.2) is 5.65 Å². The molecule has 9 heteroatoms. The van der Waals surface area contributed by atoms with Gasteiger partial charge in [0.2, 0.25) is 5.95 Å². The van der Waals surface area contributed by atoms with Crippen LogP contribution >= 0.6 is 23.4 Å². The van der Waals surface area contributed by atoms with E-state index in [2.05, 4.69) is 14.9 Å². The summed E-state index contributed by atoms with van der Waals surface area (Å²) < 4.78 is 15.7. The van der Waals surface area contributed by atoms with Gasteiger partial charge < -0.3 is 10.6 Å². The van der Waals surface area contributed by atoms with Gasteiger partial charge in [-0.3, -0.25) is 4.40 Å². The molecule has 2 aliphatic rings. The Morgan fingerprint density at radius 2 is 1.82 bits per heavy atom. The molecule has 6 rings (SSSR count). The second-order valence-electron chi connectivity index (χ2n) is 8.91. The van der Waals surface area contributed by atoms with Crippen molar-refractivity contribution in [3.8, 4) is 0 Å². The predicted molar refractivity (Wildman–Crippen MR) is 128 cm³/mol. The summed E-state index contributed by atoms with van der Waals surface area (Å²) in [6, 6.07) is 7.10. The highest BCUT2D eigenvalue weighted by Crippen LogP contribution is 2.45. The largest absolute Gasteiger partial charge is 0.382 e. The van der Waals surface area contributed by atoms with E-state index in [1.165, 1.54) is 22.9 Å². The number of anilines is 2. The van der Waals surface area contributed by atoms with Gasteiger partial charge in [-0.15, -0.1) is 0 Å². The third-order valence-electron chi connectivity index (χ3n) is 6.88. The molecule has 1 aliphatic heterocycles. The molecule has 1 saturated heterocycles. The van der Waals surface area contributed by atoms with Gasteiger partial charge in [-0.05, 0) is 60.4 Å². The number of halogens is 2. The zero-order valence-electron chi connectivity index (χ0n) is 17.8. The molecule has 168 valence electrons. The Morgan fingerprint density at radius 1 is 1.00 bits per heavy atom. The van der Waals surface area contributed by atoms with Gasteiger partial charge in [-0.25, -0.2) is 19.3 Å². The minimum atomic E-state index is -0.136. The first-order chi connectivity index (χ1) is 16.0. The molecule has 4 heterocycles. The number of fused-ring (bicyclic) bond motifs is 2. The van der Waals surface area contributed by atoms with Crippen LogP contribution < -0.4 is 10.6 Å². The zero-order valence-corrected chi connectivity index (χ0v) is 19.4. The number of nitrogens with zero attached hydrogens (tertiary/aromatic N) is 5. The van der Waals surface area contributed by atoms with Crippen molar-refractivity contribution < 1.29 is 4.39 Å². The van der Waals surface area contributed by atoms with Gasteiger partial charge in [0, 0.05) is 42.8 Å². The van der Waals surface area contributed by atoms with E-state index >= 15 is 0 Å². The fraction of sp³-hybridized carbons (Fsp3) is 0.292. The summed E-state index contributed by atoms with van der Waals surface area (Å²) in [5, 5.41) is 0.440. The van der Waals surface area contributed by atoms with Crippen LogP contribution in [0, 0.1) is 11.2 Å². The minimum Gasteiger partial charge on any atom is -0.382 e. The molecule has 2 N–H and O–H groups in total. The first-order valence-electron chi connectivity index (χ1n) is 10.9. The van der Waals surface area contributed by atoms with Crippen LogP contribution in [0.3, 0.4) is 0 Å². The Hall–Kier alpha value is -2.84. The average Bonchev–Trinajstić information content (AvgIpc) is 3.43. The van der Waals surface area contributed by atoms with Crippen LogP contribution in [0.2, 0.25) is 5.02 Å². The Labute approximate surface area is 200 Å². The number of nitrogen functional groups attached to an aromatic ring is 1. The lowest BCUT2D eigenvalue weighted by Gasteiger charge is -2.40. The summed E-state index contributed by atoms with van der Waals surface area (Å²) in [5.74, 6) is 1.07. The lowest BCUT2D eigenvalue weighted by atomic mass is 9.76. The predicted octanol–water partition coefficient (Wildman–Crippen LogP) is 5.04. The minimum absolute atomic E-state index is 0.136. The number of hydrogen-bond acceptors (Lipinski definition) is 6. The third-order valence-corrected chi connectivity index (χ3v) is 8.46. The molecule has 0 bridgehead atoms. The van der Waals surface area contributed by atoms with Crippen molar-refractivity contribution in [3.63, 3.8) is 0 Å². The molecule has 3 aromatic heterocycles. The van der Waals surface area contributed by atoms with Gasteiger partial charge >= 0.3 is 0 Å². The van der Waals surface area contributed by atoms with Crippen molar-refractivity contribution >= 4 is 40.8 Å². The zero-order chi connectivity index (χ0) is 22.6. The highest BCUT2D eigenvalue weighted by molar-refractivity contribution is 7.99. The Morgan fingerprint density at radius 3 is 2.67 bits per heavy atom. The van der Waals surface area contributed by atoms with E-state index in [1.807, 2.05) is 28.9 Å². The Balaban J connectivity index is 1.23. The Kier molecular flexibility index (Phi) is 4.96. The molecule has 4 aromatic rings. The molecule has 0 unspecified atom stereocenters. The second kappa shape index (κ2) is 7.88. The number of pyridine rings is 1. The number of aromatic nitrogens is 4. The van der Waals surface area contributed by atoms with Crippen LogP contribution in [-0.2, 0) is 12.8 Å². The fourth-order valence-electron chi connectivity index (χ4n) is 5.16. The van der Waals surface area contributed by atoms with E-state index in [0.29, 0.717) is 10.8 Å². The van der Waals surface area contributed by atoms with E-state index < -0.39 is 0 Å². The van der Waals surface area contributed by atoms with E-state index in [1.54, 1.807) is 24.5 Å². The van der Waals surface area contributed by atoms with Crippen molar-refractivity contribution in [2.75, 3.05) is 23.7 Å². The quantitative estimate of drug-likeness (QED) is 0.443. The summed E-state index contributed by atoms with van der Waals surface area (Å²) in [5.41, 5.74) is 9.40. The van der Waals surface area contributed by atoms with Gasteiger partial charge in [0.25, 0.3) is 0 Å². The summed E-state index contributed by atoms with van der Waals surface area (Å²) in [6.45, 7) is 1.83. The van der Waals surface area contributed by atoms with E-state index in [4.69, 9.17) is 22.3 Å². The van der Waals surface area contributed by atoms with Crippen molar-refractivity contribution in [3.05, 3.63) is 71.0 Å². The monoisotopic (exact) mass is 480 g/mol. The maximum absolute atomic E-state index is 13.7. The van der Waals surface area contributed by atoms with Gasteiger partial charge in [0.1, 0.15) is 11.6 Å². The molecule has 1 fully saturated rings. The Bertz CT molecular complexity index is 1360. The lowest BCUT2D eigenvalue weighted by molar-refractivity contribution is 0.231. The molecule has 6 nitrogen and oxygen atoms in total. The molecular weight excluding hydrogens is 459 g/mol. The maximum atomic E-state index is 13.7. The number of benzene rings is 1. The van der Waals surface area contributed by atoms with Crippen LogP contribution in [0.5, 0.6) is 0 Å². The third kappa shape index (κ3) is 3.61.